The van der Waals surface area contributed by atoms with Crippen molar-refractivity contribution in [1.82, 2.24) is 20.4 Å². The topological polar surface area (TPSA) is 64.7 Å². The lowest BCUT2D eigenvalue weighted by atomic mass is 9.54. The van der Waals surface area contributed by atoms with Crippen molar-refractivity contribution in [2.75, 3.05) is 39.8 Å². The molecular formula is C28H40N4O2. The molecule has 0 radical (unpaired) electrons. The number of likely N-dealkylation sites (N-methyl/N-ethyl adjacent to an activating group) is 1. The van der Waals surface area contributed by atoms with Crippen molar-refractivity contribution in [2.45, 2.75) is 62.9 Å². The Morgan fingerprint density at radius 3 is 2.24 bits per heavy atom. The summed E-state index contributed by atoms with van der Waals surface area (Å²) in [6.07, 6.45) is 8.91. The number of likely N-dealkylation sites (tertiary alicyclic amines) is 1. The van der Waals surface area contributed by atoms with Crippen LogP contribution in [0.15, 0.2) is 24.3 Å². The molecule has 2 aliphatic heterocycles. The van der Waals surface area contributed by atoms with Gasteiger partial charge in [-0.15, -0.1) is 0 Å². The Morgan fingerprint density at radius 1 is 0.912 bits per heavy atom. The fraction of sp³-hybridized carbons (Fsp3) is 0.714. The van der Waals surface area contributed by atoms with Gasteiger partial charge in [-0.25, -0.2) is 0 Å². The zero-order valence-corrected chi connectivity index (χ0v) is 20.6. The average molecular weight is 465 g/mol. The second-order valence-electron chi connectivity index (χ2n) is 12.1. The van der Waals surface area contributed by atoms with E-state index in [4.69, 9.17) is 0 Å². The van der Waals surface area contributed by atoms with E-state index >= 15 is 0 Å². The van der Waals surface area contributed by atoms with Crippen molar-refractivity contribution in [1.29, 1.82) is 0 Å². The molecule has 2 amide bonds. The highest BCUT2D eigenvalue weighted by molar-refractivity contribution is 5.78. The van der Waals surface area contributed by atoms with Crippen molar-refractivity contribution in [3.63, 3.8) is 0 Å². The van der Waals surface area contributed by atoms with Crippen LogP contribution in [0.1, 0.15) is 56.1 Å². The Morgan fingerprint density at radius 2 is 1.56 bits per heavy atom. The van der Waals surface area contributed by atoms with Gasteiger partial charge in [0.05, 0.1) is 13.1 Å². The van der Waals surface area contributed by atoms with E-state index in [1.54, 1.807) is 7.05 Å². The van der Waals surface area contributed by atoms with Gasteiger partial charge in [-0.3, -0.25) is 19.4 Å². The molecule has 2 heterocycles. The summed E-state index contributed by atoms with van der Waals surface area (Å²) in [4.78, 5) is 29.8. The van der Waals surface area contributed by atoms with Crippen molar-refractivity contribution in [3.8, 4) is 0 Å². The molecule has 4 saturated carbocycles. The maximum atomic E-state index is 13.1. The number of carbonyl (C=O) groups excluding carboxylic acids is 2. The number of amides is 2. The first kappa shape index (κ1) is 22.5. The zero-order chi connectivity index (χ0) is 23.3. The van der Waals surface area contributed by atoms with Gasteiger partial charge in [0, 0.05) is 31.6 Å². The van der Waals surface area contributed by atoms with E-state index in [1.807, 2.05) is 0 Å². The van der Waals surface area contributed by atoms with E-state index in [9.17, 15) is 9.59 Å². The number of rotatable bonds is 5. The predicted molar refractivity (Wildman–Crippen MR) is 132 cm³/mol. The third-order valence-electron chi connectivity index (χ3n) is 9.89. The molecule has 5 fully saturated rings. The number of nitrogens with one attached hydrogen (secondary N) is 2. The van der Waals surface area contributed by atoms with Crippen LogP contribution < -0.4 is 10.6 Å². The van der Waals surface area contributed by atoms with Crippen LogP contribution >= 0.6 is 0 Å². The third-order valence-corrected chi connectivity index (χ3v) is 9.89. The summed E-state index contributed by atoms with van der Waals surface area (Å²) in [6, 6.07) is 9.21. The van der Waals surface area contributed by atoms with Crippen LogP contribution in [0.2, 0.25) is 0 Å². The van der Waals surface area contributed by atoms with Crippen LogP contribution in [0.5, 0.6) is 0 Å². The summed E-state index contributed by atoms with van der Waals surface area (Å²) in [5.41, 5.74) is 2.89. The van der Waals surface area contributed by atoms with Gasteiger partial charge >= 0.3 is 0 Å². The van der Waals surface area contributed by atoms with Crippen molar-refractivity contribution < 1.29 is 9.59 Å². The van der Waals surface area contributed by atoms with Gasteiger partial charge in [0.1, 0.15) is 0 Å². The number of nitrogens with zero attached hydrogens (tertiary/aromatic N) is 2. The first-order valence-corrected chi connectivity index (χ1v) is 13.5. The average Bonchev–Trinajstić information content (AvgIpc) is 2.82. The normalized spacial score (nSPS) is 34.1. The van der Waals surface area contributed by atoms with E-state index in [1.165, 1.54) is 43.2 Å². The molecule has 0 unspecified atom stereocenters. The highest BCUT2D eigenvalue weighted by Gasteiger charge is 2.49. The minimum atomic E-state index is 0.0772. The fourth-order valence-electron chi connectivity index (χ4n) is 8.54. The Balaban J connectivity index is 1.08. The second-order valence-corrected chi connectivity index (χ2v) is 12.1. The highest BCUT2D eigenvalue weighted by atomic mass is 16.2. The van der Waals surface area contributed by atoms with Gasteiger partial charge in [0.25, 0.3) is 0 Å². The Hall–Kier alpha value is -1.92. The molecule has 1 spiro atoms. The Kier molecular flexibility index (Phi) is 5.93. The molecule has 0 aromatic heterocycles. The Labute approximate surface area is 203 Å². The molecule has 1 saturated heterocycles. The van der Waals surface area contributed by atoms with Gasteiger partial charge in [-0.1, -0.05) is 24.3 Å². The van der Waals surface area contributed by atoms with Crippen molar-refractivity contribution in [2.24, 2.45) is 23.7 Å². The quantitative estimate of drug-likeness (QED) is 0.703. The van der Waals surface area contributed by atoms with E-state index in [0.717, 1.165) is 62.7 Å². The molecule has 184 valence electrons. The van der Waals surface area contributed by atoms with Gasteiger partial charge < -0.3 is 10.6 Å². The third kappa shape index (κ3) is 4.17. The first-order valence-electron chi connectivity index (χ1n) is 13.5. The monoisotopic (exact) mass is 464 g/mol. The maximum Gasteiger partial charge on any atom is 0.234 e. The summed E-state index contributed by atoms with van der Waals surface area (Å²) in [5, 5.41) is 6.27. The van der Waals surface area contributed by atoms with Gasteiger partial charge in [-0.05, 0) is 92.8 Å². The number of piperidine rings is 1. The van der Waals surface area contributed by atoms with E-state index < -0.39 is 0 Å². The lowest BCUT2D eigenvalue weighted by Crippen LogP contribution is -2.58. The number of hydrogen-bond donors (Lipinski definition) is 2. The number of hydrogen-bond acceptors (Lipinski definition) is 4. The molecule has 34 heavy (non-hydrogen) atoms. The summed E-state index contributed by atoms with van der Waals surface area (Å²) in [6.45, 7) is 4.62. The molecule has 1 aromatic rings. The molecule has 4 bridgehead atoms. The molecule has 6 heteroatoms. The predicted octanol–water partition coefficient (Wildman–Crippen LogP) is 2.52. The van der Waals surface area contributed by atoms with Crippen molar-refractivity contribution >= 4 is 11.8 Å². The maximum absolute atomic E-state index is 13.1. The molecule has 6 nitrogen and oxygen atoms in total. The highest BCUT2D eigenvalue weighted by Crippen LogP contribution is 2.53. The van der Waals surface area contributed by atoms with Crippen LogP contribution in [-0.2, 0) is 21.5 Å². The van der Waals surface area contributed by atoms with E-state index in [-0.39, 0.29) is 17.2 Å². The van der Waals surface area contributed by atoms with Crippen molar-refractivity contribution in [3.05, 3.63) is 35.4 Å². The van der Waals surface area contributed by atoms with Crippen LogP contribution in [0.4, 0.5) is 0 Å². The molecule has 6 aliphatic rings. The van der Waals surface area contributed by atoms with Gasteiger partial charge in [0.2, 0.25) is 11.8 Å². The molecule has 1 aromatic carbocycles. The molecule has 0 atom stereocenters. The molecular weight excluding hydrogens is 424 g/mol. The second kappa shape index (κ2) is 8.94. The zero-order valence-electron chi connectivity index (χ0n) is 20.6. The van der Waals surface area contributed by atoms with Gasteiger partial charge in [-0.2, -0.15) is 0 Å². The minimum absolute atomic E-state index is 0.0772. The first-order chi connectivity index (χ1) is 16.5. The lowest BCUT2D eigenvalue weighted by Gasteiger charge is -2.54. The number of carbonyl (C=O) groups is 2. The summed E-state index contributed by atoms with van der Waals surface area (Å²) in [7, 11) is 1.71. The minimum Gasteiger partial charge on any atom is -0.358 e. The molecule has 7 rings (SSSR count). The summed E-state index contributed by atoms with van der Waals surface area (Å²) in [5.74, 6) is 3.66. The summed E-state index contributed by atoms with van der Waals surface area (Å²) < 4.78 is 0. The molecule has 2 N–H and O–H groups in total. The van der Waals surface area contributed by atoms with E-state index in [2.05, 4.69) is 44.7 Å². The molecule has 4 aliphatic carbocycles. The smallest absolute Gasteiger partial charge is 0.234 e. The van der Waals surface area contributed by atoms with Crippen LogP contribution in [0.3, 0.4) is 0 Å². The van der Waals surface area contributed by atoms with E-state index in [0.29, 0.717) is 19.1 Å². The van der Waals surface area contributed by atoms with Crippen LogP contribution in [0.25, 0.3) is 0 Å². The standard InChI is InChI=1S/C28H40N4O2/c1-29-25(33)16-32-15-21-4-2-3-5-24(21)28(18-32)6-8-31(9-7-28)17-26(34)30-27-22-11-19-10-20(13-22)14-23(27)12-19/h2-5,19-20,22-23,27H,6-18H2,1H3,(H,29,33)(H,30,34). The van der Waals surface area contributed by atoms with Crippen LogP contribution in [0, 0.1) is 23.7 Å². The Bertz CT molecular complexity index is 910. The number of fused-ring (bicyclic) bond motifs is 2. The van der Waals surface area contributed by atoms with Crippen LogP contribution in [-0.4, -0.2) is 67.4 Å². The lowest BCUT2D eigenvalue weighted by molar-refractivity contribution is -0.127. The SMILES string of the molecule is CNC(=O)CN1Cc2ccccc2C2(CCN(CC(=O)NC3C4CC5CC(C4)CC3C5)CC2)C1. The number of benzene rings is 1. The summed E-state index contributed by atoms with van der Waals surface area (Å²) >= 11 is 0. The fourth-order valence-corrected chi connectivity index (χ4v) is 8.54. The van der Waals surface area contributed by atoms with Gasteiger partial charge in [0.15, 0.2) is 0 Å². The largest absolute Gasteiger partial charge is 0.358 e.